The second kappa shape index (κ2) is 11.8. The van der Waals surface area contributed by atoms with Crippen molar-refractivity contribution >= 4 is 45.2 Å². The normalized spacial score (nSPS) is 16.9. The Kier molecular flexibility index (Phi) is 7.20. The minimum atomic E-state index is -0.120. The van der Waals surface area contributed by atoms with E-state index >= 15 is 0 Å². The van der Waals surface area contributed by atoms with Gasteiger partial charge in [0.15, 0.2) is 4.96 Å². The van der Waals surface area contributed by atoms with Crippen molar-refractivity contribution in [2.45, 2.75) is 12.3 Å². The molecule has 2 fully saturated rings. The van der Waals surface area contributed by atoms with Gasteiger partial charge in [-0.3, -0.25) is 9.20 Å². The Morgan fingerprint density at radius 3 is 2.56 bits per heavy atom. The number of nitrogens with one attached hydrogen (secondary N) is 1. The van der Waals surface area contributed by atoms with Crippen LogP contribution in [0.5, 0.6) is 0 Å². The molecule has 1 unspecified atom stereocenters. The highest BCUT2D eigenvalue weighted by Gasteiger charge is 2.33. The summed E-state index contributed by atoms with van der Waals surface area (Å²) in [5.74, 6) is 0.519. The van der Waals surface area contributed by atoms with Gasteiger partial charge < -0.3 is 19.9 Å². The molecule has 0 spiro atoms. The molecule has 45 heavy (non-hydrogen) atoms. The second-order valence-electron chi connectivity index (χ2n) is 11.2. The number of carbonyl (C=O) groups excluding carboxylic acids is 1. The van der Waals surface area contributed by atoms with E-state index in [2.05, 4.69) is 49.9 Å². The van der Waals surface area contributed by atoms with Gasteiger partial charge in [-0.2, -0.15) is 0 Å². The molecule has 2 aliphatic rings. The number of fused-ring (bicyclic) bond motifs is 1. The lowest BCUT2D eigenvalue weighted by molar-refractivity contribution is -0.118. The lowest BCUT2D eigenvalue weighted by Crippen LogP contribution is -2.36. The third-order valence-electron chi connectivity index (χ3n) is 8.50. The first-order valence-corrected chi connectivity index (χ1v) is 16.0. The maximum atomic E-state index is 13.5. The summed E-state index contributed by atoms with van der Waals surface area (Å²) in [6, 6.07) is 28.4. The SMILES string of the molecule is O=C1C(c2ccccc2)CCN1c1cccc(-c2nc3sccn3c2-c2ccnc(Nc3ccc(N4CCOCC4)cc3)n2)c1. The molecule has 1 amide bonds. The number of rotatable bonds is 7. The Labute approximate surface area is 264 Å². The Hall–Kier alpha value is -5.06. The van der Waals surface area contributed by atoms with Crippen LogP contribution in [0.2, 0.25) is 0 Å². The van der Waals surface area contributed by atoms with Gasteiger partial charge in [-0.15, -0.1) is 11.3 Å². The number of imidazole rings is 1. The van der Waals surface area contributed by atoms with Crippen LogP contribution in [0.15, 0.2) is 103 Å². The highest BCUT2D eigenvalue weighted by atomic mass is 32.1. The van der Waals surface area contributed by atoms with Crippen molar-refractivity contribution in [1.82, 2.24) is 19.4 Å². The van der Waals surface area contributed by atoms with E-state index in [1.165, 1.54) is 5.69 Å². The summed E-state index contributed by atoms with van der Waals surface area (Å²) in [5, 5.41) is 5.39. The van der Waals surface area contributed by atoms with Gasteiger partial charge in [0.05, 0.1) is 30.5 Å². The third kappa shape index (κ3) is 5.32. The summed E-state index contributed by atoms with van der Waals surface area (Å²) in [7, 11) is 0. The number of carbonyl (C=O) groups is 1. The Morgan fingerprint density at radius 1 is 0.867 bits per heavy atom. The molecule has 3 aromatic carbocycles. The fourth-order valence-corrected chi connectivity index (χ4v) is 6.95. The Balaban J connectivity index is 1.08. The van der Waals surface area contributed by atoms with Crippen LogP contribution in [0.1, 0.15) is 17.9 Å². The van der Waals surface area contributed by atoms with E-state index in [0.717, 1.165) is 77.3 Å². The summed E-state index contributed by atoms with van der Waals surface area (Å²) in [6.07, 6.45) is 4.58. The number of nitrogens with zero attached hydrogens (tertiary/aromatic N) is 6. The molecule has 0 bridgehead atoms. The van der Waals surface area contributed by atoms with Crippen LogP contribution in [0, 0.1) is 0 Å². The first-order valence-electron chi connectivity index (χ1n) is 15.2. The lowest BCUT2D eigenvalue weighted by Gasteiger charge is -2.28. The minimum absolute atomic E-state index is 0.120. The number of benzene rings is 3. The molecule has 0 saturated carbocycles. The van der Waals surface area contributed by atoms with E-state index in [-0.39, 0.29) is 11.8 Å². The summed E-state index contributed by atoms with van der Waals surface area (Å²) in [5.41, 5.74) is 7.42. The predicted molar refractivity (Wildman–Crippen MR) is 178 cm³/mol. The molecule has 9 nitrogen and oxygen atoms in total. The number of hydrogen-bond acceptors (Lipinski definition) is 8. The van der Waals surface area contributed by atoms with Crippen LogP contribution in [-0.2, 0) is 9.53 Å². The lowest BCUT2D eigenvalue weighted by atomic mass is 9.98. The number of anilines is 4. The molecular formula is C35H31N7O2S. The molecule has 1 N–H and O–H groups in total. The highest BCUT2D eigenvalue weighted by Crippen LogP contribution is 2.37. The van der Waals surface area contributed by atoms with Crippen LogP contribution in [-0.4, -0.2) is 58.1 Å². The van der Waals surface area contributed by atoms with Crippen LogP contribution < -0.4 is 15.1 Å². The molecule has 2 aliphatic heterocycles. The summed E-state index contributed by atoms with van der Waals surface area (Å²) in [4.78, 5) is 33.1. The number of thiazole rings is 1. The maximum Gasteiger partial charge on any atom is 0.234 e. The standard InChI is InChI=1S/C35H31N7O2S/c43-33-29(24-5-2-1-3-6-24)14-16-41(33)28-8-4-7-25(23-28)31-32(42-19-22-45-35(42)39-31)30-13-15-36-34(38-30)37-26-9-11-27(12-10-26)40-17-20-44-21-18-40/h1-13,15,19,22-23,29H,14,16-18,20-21H2,(H,36,37,38). The van der Waals surface area contributed by atoms with E-state index in [1.54, 1.807) is 17.5 Å². The zero-order chi connectivity index (χ0) is 30.2. The van der Waals surface area contributed by atoms with Gasteiger partial charge in [0.1, 0.15) is 5.69 Å². The fourth-order valence-electron chi connectivity index (χ4n) is 6.24. The van der Waals surface area contributed by atoms with Crippen molar-refractivity contribution in [1.29, 1.82) is 0 Å². The molecule has 5 heterocycles. The first kappa shape index (κ1) is 27.5. The van der Waals surface area contributed by atoms with E-state index in [4.69, 9.17) is 14.7 Å². The number of amides is 1. The zero-order valence-electron chi connectivity index (χ0n) is 24.5. The van der Waals surface area contributed by atoms with Gasteiger partial charge in [0.25, 0.3) is 0 Å². The quantitative estimate of drug-likeness (QED) is 0.217. The van der Waals surface area contributed by atoms with E-state index in [1.807, 2.05) is 71.1 Å². The summed E-state index contributed by atoms with van der Waals surface area (Å²) >= 11 is 1.58. The van der Waals surface area contributed by atoms with Gasteiger partial charge in [-0.25, -0.2) is 15.0 Å². The Morgan fingerprint density at radius 2 is 1.71 bits per heavy atom. The molecular weight excluding hydrogens is 582 g/mol. The number of aromatic nitrogens is 4. The van der Waals surface area contributed by atoms with Crippen molar-refractivity contribution in [2.24, 2.45) is 0 Å². The first-order chi connectivity index (χ1) is 22.2. The van der Waals surface area contributed by atoms with Crippen molar-refractivity contribution < 1.29 is 9.53 Å². The molecule has 2 saturated heterocycles. The van der Waals surface area contributed by atoms with E-state index in [0.29, 0.717) is 12.5 Å². The molecule has 8 rings (SSSR count). The van der Waals surface area contributed by atoms with E-state index in [9.17, 15) is 4.79 Å². The van der Waals surface area contributed by atoms with E-state index < -0.39 is 0 Å². The van der Waals surface area contributed by atoms with Crippen LogP contribution in [0.3, 0.4) is 0 Å². The average molecular weight is 614 g/mol. The average Bonchev–Trinajstić information content (AvgIpc) is 3.81. The van der Waals surface area contributed by atoms with Crippen LogP contribution >= 0.6 is 11.3 Å². The van der Waals surface area contributed by atoms with Gasteiger partial charge in [0.2, 0.25) is 11.9 Å². The smallest absolute Gasteiger partial charge is 0.234 e. The molecule has 3 aromatic heterocycles. The monoisotopic (exact) mass is 613 g/mol. The van der Waals surface area contributed by atoms with Crippen LogP contribution in [0.25, 0.3) is 27.6 Å². The summed E-state index contributed by atoms with van der Waals surface area (Å²) in [6.45, 7) is 3.98. The van der Waals surface area contributed by atoms with Crippen molar-refractivity contribution in [3.8, 4) is 22.6 Å². The largest absolute Gasteiger partial charge is 0.378 e. The van der Waals surface area contributed by atoms with Crippen LogP contribution in [0.4, 0.5) is 23.0 Å². The molecule has 0 aliphatic carbocycles. The van der Waals surface area contributed by atoms with Gasteiger partial charge >= 0.3 is 0 Å². The topological polar surface area (TPSA) is 87.9 Å². The van der Waals surface area contributed by atoms with Gasteiger partial charge in [-0.1, -0.05) is 42.5 Å². The maximum absolute atomic E-state index is 13.5. The zero-order valence-corrected chi connectivity index (χ0v) is 25.4. The number of hydrogen-bond donors (Lipinski definition) is 1. The number of ether oxygens (including phenoxy) is 1. The Bertz CT molecular complexity index is 1970. The van der Waals surface area contributed by atoms with Crippen molar-refractivity contribution in [2.75, 3.05) is 48.0 Å². The molecule has 10 heteroatoms. The molecule has 6 aromatic rings. The van der Waals surface area contributed by atoms with Crippen molar-refractivity contribution in [3.05, 3.63) is 108 Å². The van der Waals surface area contributed by atoms with Gasteiger partial charge in [0, 0.05) is 60.0 Å². The molecule has 224 valence electrons. The van der Waals surface area contributed by atoms with Gasteiger partial charge in [-0.05, 0) is 54.4 Å². The molecule has 0 radical (unpaired) electrons. The number of morpholine rings is 1. The third-order valence-corrected chi connectivity index (χ3v) is 9.26. The summed E-state index contributed by atoms with van der Waals surface area (Å²) < 4.78 is 7.56. The minimum Gasteiger partial charge on any atom is -0.378 e. The fraction of sp³-hybridized carbons (Fsp3) is 0.200. The second-order valence-corrected chi connectivity index (χ2v) is 12.1. The predicted octanol–water partition coefficient (Wildman–Crippen LogP) is 6.62. The molecule has 1 atom stereocenters. The highest BCUT2D eigenvalue weighted by molar-refractivity contribution is 7.15. The van der Waals surface area contributed by atoms with Crippen molar-refractivity contribution in [3.63, 3.8) is 0 Å².